The number of piperidine rings is 1. The first-order chi connectivity index (χ1) is 11.4. The third-order valence-electron chi connectivity index (χ3n) is 6.35. The van der Waals surface area contributed by atoms with E-state index in [0.29, 0.717) is 5.92 Å². The maximum absolute atomic E-state index is 6.71. The normalized spacial score (nSPS) is 17.3. The summed E-state index contributed by atoms with van der Waals surface area (Å²) in [5.41, 5.74) is 9.46. The molecule has 1 aromatic carbocycles. The van der Waals surface area contributed by atoms with E-state index in [-0.39, 0.29) is 15.7 Å². The molecular formula is C15H31B7N2O. The van der Waals surface area contributed by atoms with Gasteiger partial charge in [0.05, 0.1) is 52.8 Å². The van der Waals surface area contributed by atoms with Crippen LogP contribution in [0, 0.1) is 6.92 Å². The lowest BCUT2D eigenvalue weighted by Gasteiger charge is -2.53. The molecular weight excluding hydrogens is 300 g/mol. The molecule has 10 heteroatoms. The molecule has 0 bridgehead atoms. The molecule has 3 N–H and O–H groups in total. The minimum atomic E-state index is -0.339. The lowest BCUT2D eigenvalue weighted by atomic mass is 9.19. The van der Waals surface area contributed by atoms with Crippen molar-refractivity contribution in [2.24, 2.45) is 0 Å². The first-order valence-corrected chi connectivity index (χ1v) is 9.66. The van der Waals surface area contributed by atoms with Gasteiger partial charge in [-0.15, -0.1) is 0 Å². The first-order valence-electron chi connectivity index (χ1n) is 9.66. The van der Waals surface area contributed by atoms with Gasteiger partial charge in [0.25, 0.3) is 0 Å². The van der Waals surface area contributed by atoms with Crippen molar-refractivity contribution in [2.75, 3.05) is 18.8 Å². The summed E-state index contributed by atoms with van der Waals surface area (Å²) in [7, 11) is 15.7. The van der Waals surface area contributed by atoms with Crippen molar-refractivity contribution in [1.29, 1.82) is 0 Å². The number of nitrogens with one attached hydrogen (secondary N) is 1. The summed E-state index contributed by atoms with van der Waals surface area (Å²) in [6.07, 6.45) is 2.36. The van der Waals surface area contributed by atoms with Crippen LogP contribution in [0.25, 0.3) is 0 Å². The summed E-state index contributed by atoms with van der Waals surface area (Å²) in [5.74, 6) is 1.44. The number of hydrogen-bond donors (Lipinski definition) is 2. The number of anilines is 1. The van der Waals surface area contributed by atoms with Crippen LogP contribution in [0.5, 0.6) is 5.75 Å². The predicted octanol–water partition coefficient (Wildman–Crippen LogP) is -4.30. The van der Waals surface area contributed by atoms with Gasteiger partial charge in [-0.05, 0) is 62.0 Å². The van der Waals surface area contributed by atoms with Crippen LogP contribution in [-0.4, -0.2) is 73.5 Å². The van der Waals surface area contributed by atoms with Crippen molar-refractivity contribution < 1.29 is 4.74 Å². The van der Waals surface area contributed by atoms with Gasteiger partial charge in [0.15, 0.2) is 7.85 Å². The maximum Gasteiger partial charge on any atom is 0.154 e. The van der Waals surface area contributed by atoms with Crippen LogP contribution in [0.1, 0.15) is 29.9 Å². The van der Waals surface area contributed by atoms with Crippen molar-refractivity contribution in [2.45, 2.75) is 41.4 Å². The van der Waals surface area contributed by atoms with Gasteiger partial charge in [0.2, 0.25) is 0 Å². The second-order valence-corrected chi connectivity index (χ2v) is 9.91. The maximum atomic E-state index is 6.71. The predicted molar refractivity (Wildman–Crippen MR) is 129 cm³/mol. The minimum absolute atomic E-state index is 0.0164. The Balaban J connectivity index is 2.44. The largest absolute Gasteiger partial charge is 0.498 e. The highest BCUT2D eigenvalue weighted by Crippen LogP contribution is 2.45. The SMILES string of the molecule is BC(B)(B)C(B)(Oc1cc(C2CCNCC2)c(C)cc1N)C(B)(B)B. The van der Waals surface area contributed by atoms with E-state index >= 15 is 0 Å². The molecule has 2 rings (SSSR count). The van der Waals surface area contributed by atoms with E-state index in [4.69, 9.17) is 10.5 Å². The van der Waals surface area contributed by atoms with Gasteiger partial charge in [-0.3, -0.25) is 0 Å². The van der Waals surface area contributed by atoms with Crippen LogP contribution >= 0.6 is 0 Å². The minimum Gasteiger partial charge on any atom is -0.498 e. The van der Waals surface area contributed by atoms with E-state index in [1.54, 1.807) is 0 Å². The Morgan fingerprint density at radius 3 is 2.00 bits per heavy atom. The van der Waals surface area contributed by atoms with Crippen LogP contribution < -0.4 is 15.8 Å². The molecule has 0 radical (unpaired) electrons. The van der Waals surface area contributed by atoms with Gasteiger partial charge in [0, 0.05) is 5.50 Å². The standard InChI is InChI=1S/C15H31B7N2O/c1-8-6-11(23)12(7-10(8)9-2-4-24-5-3-9)25-13(16,14(17,18)19)15(20,21)22/h6-7,9,24H,2-5,16-23H2,1H3. The van der Waals surface area contributed by atoms with Gasteiger partial charge < -0.3 is 15.8 Å². The fourth-order valence-corrected chi connectivity index (χ4v) is 4.04. The van der Waals surface area contributed by atoms with E-state index in [9.17, 15) is 0 Å². The summed E-state index contributed by atoms with van der Waals surface area (Å²) < 4.78 is 6.71. The molecule has 1 saturated heterocycles. The zero-order valence-electron chi connectivity index (χ0n) is 17.5. The molecule has 128 valence electrons. The Labute approximate surface area is 160 Å². The molecule has 0 spiro atoms. The van der Waals surface area contributed by atoms with Gasteiger partial charge >= 0.3 is 0 Å². The Morgan fingerprint density at radius 1 is 1.00 bits per heavy atom. The second-order valence-electron chi connectivity index (χ2n) is 9.91. The van der Waals surface area contributed by atoms with Crippen LogP contribution in [-0.2, 0) is 0 Å². The van der Waals surface area contributed by atoms with E-state index in [0.717, 1.165) is 24.5 Å². The fraction of sp³-hybridized carbons (Fsp3) is 0.600. The Bertz CT molecular complexity index is 608. The van der Waals surface area contributed by atoms with E-state index in [2.05, 4.69) is 79.3 Å². The summed E-state index contributed by atoms with van der Waals surface area (Å²) in [6, 6.07) is 4.31. The summed E-state index contributed by atoms with van der Waals surface area (Å²) in [6.45, 7) is 4.35. The molecule has 1 aliphatic rings. The number of ether oxygens (including phenoxy) is 1. The zero-order chi connectivity index (χ0) is 19.0. The molecule has 1 aromatic rings. The van der Waals surface area contributed by atoms with E-state index in [1.165, 1.54) is 24.0 Å². The summed E-state index contributed by atoms with van der Waals surface area (Å²) >= 11 is 0. The van der Waals surface area contributed by atoms with Gasteiger partial charge in [-0.25, -0.2) is 0 Å². The van der Waals surface area contributed by atoms with Crippen molar-refractivity contribution in [3.63, 3.8) is 0 Å². The number of aryl methyl sites for hydroxylation is 1. The Morgan fingerprint density at radius 2 is 1.52 bits per heavy atom. The Hall–Kier alpha value is -0.765. The molecule has 25 heavy (non-hydrogen) atoms. The number of benzene rings is 1. The topological polar surface area (TPSA) is 47.3 Å². The third-order valence-corrected chi connectivity index (χ3v) is 6.35. The van der Waals surface area contributed by atoms with Crippen molar-refractivity contribution >= 4 is 60.6 Å². The van der Waals surface area contributed by atoms with Crippen LogP contribution in [0.15, 0.2) is 12.1 Å². The fourth-order valence-electron chi connectivity index (χ4n) is 4.04. The molecule has 1 fully saturated rings. The number of rotatable bonds is 5. The number of nitrogens with two attached hydrogens (primary N) is 1. The number of nitrogen functional groups attached to an aromatic ring is 1. The van der Waals surface area contributed by atoms with Crippen LogP contribution in [0.4, 0.5) is 5.69 Å². The van der Waals surface area contributed by atoms with Gasteiger partial charge in [-0.2, -0.15) is 0 Å². The first kappa shape index (κ1) is 20.5. The highest BCUT2D eigenvalue weighted by Gasteiger charge is 2.47. The molecule has 1 aliphatic heterocycles. The molecule has 0 aliphatic carbocycles. The van der Waals surface area contributed by atoms with Crippen LogP contribution in [0.3, 0.4) is 0 Å². The lowest BCUT2D eigenvalue weighted by Crippen LogP contribution is -2.59. The molecule has 1 heterocycles. The monoisotopic (exact) mass is 332 g/mol. The molecule has 0 aromatic heterocycles. The highest BCUT2D eigenvalue weighted by molar-refractivity contribution is 6.69. The van der Waals surface area contributed by atoms with Gasteiger partial charge in [-0.1, -0.05) is 10.2 Å². The smallest absolute Gasteiger partial charge is 0.154 e. The molecule has 0 amide bonds. The summed E-state index contributed by atoms with van der Waals surface area (Å²) in [5, 5.41) is 3.42. The average molecular weight is 331 g/mol. The zero-order valence-corrected chi connectivity index (χ0v) is 17.5. The third kappa shape index (κ3) is 4.15. The average Bonchev–Trinajstić information content (AvgIpc) is 2.48. The molecule has 0 saturated carbocycles. The highest BCUT2D eigenvalue weighted by atomic mass is 16.5. The van der Waals surface area contributed by atoms with Crippen LogP contribution in [0.2, 0.25) is 10.2 Å². The number of hydrogen-bond acceptors (Lipinski definition) is 3. The second kappa shape index (κ2) is 7.10. The summed E-state index contributed by atoms with van der Waals surface area (Å²) in [4.78, 5) is 0. The van der Waals surface area contributed by atoms with E-state index in [1.807, 2.05) is 0 Å². The van der Waals surface area contributed by atoms with Gasteiger partial charge in [0.1, 0.15) is 5.75 Å². The lowest BCUT2D eigenvalue weighted by molar-refractivity contribution is 0.159. The molecule has 0 unspecified atom stereocenters. The quantitative estimate of drug-likeness (QED) is 0.424. The molecule has 3 nitrogen and oxygen atoms in total. The van der Waals surface area contributed by atoms with E-state index < -0.39 is 0 Å². The van der Waals surface area contributed by atoms with Crippen molar-refractivity contribution in [1.82, 2.24) is 5.32 Å². The van der Waals surface area contributed by atoms with Crippen molar-refractivity contribution in [3.8, 4) is 5.75 Å². The molecule has 0 atom stereocenters. The van der Waals surface area contributed by atoms with Crippen molar-refractivity contribution in [3.05, 3.63) is 23.3 Å². The Kier molecular flexibility index (Phi) is 5.83.